The maximum atomic E-state index is 13.0. The summed E-state index contributed by atoms with van der Waals surface area (Å²) in [6.45, 7) is 5.86. The zero-order valence-corrected chi connectivity index (χ0v) is 22.0. The lowest BCUT2D eigenvalue weighted by atomic mass is 10.0. The van der Waals surface area contributed by atoms with Crippen molar-refractivity contribution in [1.82, 2.24) is 19.8 Å². The minimum absolute atomic E-state index is 0.0518. The van der Waals surface area contributed by atoms with Gasteiger partial charge in [-0.25, -0.2) is 4.98 Å². The largest absolute Gasteiger partial charge is 0.356 e. The Labute approximate surface area is 220 Å². The van der Waals surface area contributed by atoms with Crippen LogP contribution in [0.5, 0.6) is 0 Å². The van der Waals surface area contributed by atoms with Crippen molar-refractivity contribution in [2.45, 2.75) is 69.9 Å². The van der Waals surface area contributed by atoms with E-state index in [9.17, 15) is 4.79 Å². The Bertz CT molecular complexity index is 1000. The van der Waals surface area contributed by atoms with Gasteiger partial charge < -0.3 is 15.1 Å². The molecule has 5 rings (SSSR count). The van der Waals surface area contributed by atoms with Crippen LogP contribution in [0.3, 0.4) is 0 Å². The van der Waals surface area contributed by atoms with Crippen LogP contribution in [0.4, 0.5) is 11.8 Å². The van der Waals surface area contributed by atoms with E-state index in [1.54, 1.807) is 6.07 Å². The Morgan fingerprint density at radius 3 is 2.42 bits per heavy atom. The van der Waals surface area contributed by atoms with Gasteiger partial charge in [-0.15, -0.1) is 0 Å². The quantitative estimate of drug-likeness (QED) is 0.605. The van der Waals surface area contributed by atoms with Crippen molar-refractivity contribution in [2.75, 3.05) is 49.5 Å². The third-order valence-corrected chi connectivity index (χ3v) is 8.31. The molecule has 1 aromatic carbocycles. The number of carbonyl (C=O) groups excluding carboxylic acids is 1. The van der Waals surface area contributed by atoms with Crippen molar-refractivity contribution in [3.05, 3.63) is 47.1 Å². The van der Waals surface area contributed by atoms with Crippen molar-refractivity contribution in [3.63, 3.8) is 0 Å². The minimum atomic E-state index is 0.0518. The van der Waals surface area contributed by atoms with Crippen molar-refractivity contribution < 1.29 is 4.79 Å². The number of benzene rings is 1. The van der Waals surface area contributed by atoms with Crippen molar-refractivity contribution >= 4 is 29.3 Å². The molecule has 0 aliphatic carbocycles. The molecule has 2 aromatic rings. The summed E-state index contributed by atoms with van der Waals surface area (Å²) in [5.74, 6) is 1.86. The zero-order chi connectivity index (χ0) is 24.7. The molecule has 1 atom stereocenters. The number of rotatable bonds is 5. The van der Waals surface area contributed by atoms with E-state index in [-0.39, 0.29) is 5.91 Å². The third kappa shape index (κ3) is 6.30. The first-order valence-corrected chi connectivity index (χ1v) is 14.2. The van der Waals surface area contributed by atoms with Crippen LogP contribution in [-0.4, -0.2) is 77.0 Å². The van der Waals surface area contributed by atoms with Crippen LogP contribution in [0.15, 0.2) is 36.5 Å². The maximum Gasteiger partial charge on any atom is 0.255 e. The standard InChI is InChI=1S/C28H39ClN6O/c29-25-11-4-3-10-24(25)27(36)34-19-13-23(14-20-34)35-18-8-5-9-22(21-35)31-28-30-15-12-26(32-28)33-16-6-1-2-7-17-33/h3-4,10-12,15,22-23H,1-2,5-9,13-14,16-21H2,(H,30,31,32). The number of amides is 1. The highest BCUT2D eigenvalue weighted by Gasteiger charge is 2.30. The highest BCUT2D eigenvalue weighted by Crippen LogP contribution is 2.25. The van der Waals surface area contributed by atoms with Gasteiger partial charge in [0, 0.05) is 51.0 Å². The van der Waals surface area contributed by atoms with Crippen LogP contribution in [0.2, 0.25) is 5.02 Å². The predicted octanol–water partition coefficient (Wildman–Crippen LogP) is 5.08. The molecule has 1 N–H and O–H groups in total. The molecule has 3 fully saturated rings. The van der Waals surface area contributed by atoms with Gasteiger partial charge in [0.1, 0.15) is 5.82 Å². The molecular weight excluding hydrogens is 472 g/mol. The fourth-order valence-electron chi connectivity index (χ4n) is 5.94. The Kier molecular flexibility index (Phi) is 8.59. The number of aromatic nitrogens is 2. The summed E-state index contributed by atoms with van der Waals surface area (Å²) in [6, 6.07) is 10.3. The molecule has 0 radical (unpaired) electrons. The lowest BCUT2D eigenvalue weighted by molar-refractivity contribution is 0.0620. The van der Waals surface area contributed by atoms with Crippen LogP contribution in [0, 0.1) is 0 Å². The molecule has 0 saturated carbocycles. The van der Waals surface area contributed by atoms with Crippen LogP contribution in [0.1, 0.15) is 68.1 Å². The average Bonchev–Trinajstić information content (AvgIpc) is 3.33. The molecule has 0 bridgehead atoms. The van der Waals surface area contributed by atoms with Gasteiger partial charge in [0.25, 0.3) is 5.91 Å². The highest BCUT2D eigenvalue weighted by molar-refractivity contribution is 6.33. The van der Waals surface area contributed by atoms with Crippen molar-refractivity contribution in [1.29, 1.82) is 0 Å². The van der Waals surface area contributed by atoms with E-state index in [0.29, 0.717) is 22.7 Å². The monoisotopic (exact) mass is 510 g/mol. The second-order valence-electron chi connectivity index (χ2n) is 10.5. The number of likely N-dealkylation sites (tertiary alicyclic amines) is 2. The van der Waals surface area contributed by atoms with E-state index in [0.717, 1.165) is 70.3 Å². The molecule has 1 amide bonds. The fraction of sp³-hybridized carbons (Fsp3) is 0.607. The van der Waals surface area contributed by atoms with E-state index in [2.05, 4.69) is 20.1 Å². The Morgan fingerprint density at radius 1 is 0.889 bits per heavy atom. The van der Waals surface area contributed by atoms with Gasteiger partial charge in [-0.1, -0.05) is 43.0 Å². The summed E-state index contributed by atoms with van der Waals surface area (Å²) in [7, 11) is 0. The van der Waals surface area contributed by atoms with Gasteiger partial charge in [0.2, 0.25) is 5.95 Å². The van der Waals surface area contributed by atoms with Crippen LogP contribution < -0.4 is 10.2 Å². The predicted molar refractivity (Wildman–Crippen MR) is 146 cm³/mol. The summed E-state index contributed by atoms with van der Waals surface area (Å²) in [4.78, 5) is 29.5. The molecule has 0 spiro atoms. The molecule has 7 nitrogen and oxygen atoms in total. The van der Waals surface area contributed by atoms with E-state index in [1.807, 2.05) is 35.4 Å². The van der Waals surface area contributed by atoms with Gasteiger partial charge in [0.05, 0.1) is 10.6 Å². The average molecular weight is 511 g/mol. The van der Waals surface area contributed by atoms with Gasteiger partial charge >= 0.3 is 0 Å². The second kappa shape index (κ2) is 12.2. The third-order valence-electron chi connectivity index (χ3n) is 7.98. The maximum absolute atomic E-state index is 13.0. The first kappa shape index (κ1) is 25.3. The molecule has 4 heterocycles. The number of halogens is 1. The number of carbonyl (C=O) groups is 1. The number of nitrogens with one attached hydrogen (secondary N) is 1. The summed E-state index contributed by atoms with van der Waals surface area (Å²) >= 11 is 6.27. The molecule has 1 unspecified atom stereocenters. The lowest BCUT2D eigenvalue weighted by Crippen LogP contribution is -2.49. The molecule has 8 heteroatoms. The number of hydrogen-bond acceptors (Lipinski definition) is 6. The van der Waals surface area contributed by atoms with Crippen LogP contribution in [0.25, 0.3) is 0 Å². The van der Waals surface area contributed by atoms with Gasteiger partial charge in [-0.2, -0.15) is 4.98 Å². The second-order valence-corrected chi connectivity index (χ2v) is 10.9. The molecule has 3 aliphatic heterocycles. The van der Waals surface area contributed by atoms with Crippen LogP contribution in [-0.2, 0) is 0 Å². The number of piperidine rings is 1. The first-order chi connectivity index (χ1) is 17.7. The SMILES string of the molecule is O=C(c1ccccc1Cl)N1CCC(N2CCCCC(Nc3nccc(N4CCCCCC4)n3)C2)CC1. The molecule has 36 heavy (non-hydrogen) atoms. The van der Waals surface area contributed by atoms with E-state index < -0.39 is 0 Å². The fourth-order valence-corrected chi connectivity index (χ4v) is 6.15. The lowest BCUT2D eigenvalue weighted by Gasteiger charge is -2.39. The minimum Gasteiger partial charge on any atom is -0.356 e. The van der Waals surface area contributed by atoms with Gasteiger partial charge in [0.15, 0.2) is 0 Å². The topological polar surface area (TPSA) is 64.6 Å². The summed E-state index contributed by atoms with van der Waals surface area (Å²) in [5.41, 5.74) is 0.610. The molecular formula is C28H39ClN6O. The Hall–Kier alpha value is -2.38. The van der Waals surface area contributed by atoms with Gasteiger partial charge in [-0.3, -0.25) is 9.69 Å². The number of anilines is 2. The molecule has 3 aliphatic rings. The Balaban J connectivity index is 1.17. The number of nitrogens with zero attached hydrogens (tertiary/aromatic N) is 5. The van der Waals surface area contributed by atoms with Crippen molar-refractivity contribution in [2.24, 2.45) is 0 Å². The van der Waals surface area contributed by atoms with E-state index in [4.69, 9.17) is 16.6 Å². The smallest absolute Gasteiger partial charge is 0.255 e. The Morgan fingerprint density at radius 2 is 1.64 bits per heavy atom. The summed E-state index contributed by atoms with van der Waals surface area (Å²) < 4.78 is 0. The van der Waals surface area contributed by atoms with Gasteiger partial charge in [-0.05, 0) is 63.3 Å². The summed E-state index contributed by atoms with van der Waals surface area (Å²) in [6.07, 6.45) is 12.6. The van der Waals surface area contributed by atoms with Crippen molar-refractivity contribution in [3.8, 4) is 0 Å². The molecule has 1 aromatic heterocycles. The first-order valence-electron chi connectivity index (χ1n) is 13.8. The summed E-state index contributed by atoms with van der Waals surface area (Å²) in [5, 5.41) is 4.21. The normalized spacial score (nSPS) is 22.6. The molecule has 194 valence electrons. The highest BCUT2D eigenvalue weighted by atomic mass is 35.5. The molecule has 3 saturated heterocycles. The zero-order valence-electron chi connectivity index (χ0n) is 21.2. The van der Waals surface area contributed by atoms with E-state index in [1.165, 1.54) is 38.5 Å². The number of hydrogen-bond donors (Lipinski definition) is 1. The van der Waals surface area contributed by atoms with E-state index >= 15 is 0 Å². The van der Waals surface area contributed by atoms with Crippen LogP contribution >= 0.6 is 11.6 Å².